The van der Waals surface area contributed by atoms with Crippen LogP contribution in [0.1, 0.15) is 20.3 Å². The molecule has 5 heteroatoms. The molecule has 1 aromatic rings. The fourth-order valence-corrected chi connectivity index (χ4v) is 2.34. The van der Waals surface area contributed by atoms with E-state index >= 15 is 0 Å². The van der Waals surface area contributed by atoms with Crippen LogP contribution in [0.3, 0.4) is 0 Å². The third-order valence-electron chi connectivity index (χ3n) is 3.13. The van der Waals surface area contributed by atoms with E-state index in [0.717, 1.165) is 25.1 Å². The fourth-order valence-electron chi connectivity index (χ4n) is 2.22. The van der Waals surface area contributed by atoms with E-state index in [-0.39, 0.29) is 6.17 Å². The zero-order valence-electron chi connectivity index (χ0n) is 10.6. The number of halogens is 1. The van der Waals surface area contributed by atoms with E-state index in [1.807, 2.05) is 24.3 Å². The molecule has 1 aromatic carbocycles. The maximum Gasteiger partial charge on any atom is 0.225 e. The van der Waals surface area contributed by atoms with Crippen LogP contribution in [-0.4, -0.2) is 35.2 Å². The quantitative estimate of drug-likeness (QED) is 0.852. The number of hydrogen-bond donors (Lipinski definition) is 1. The first kappa shape index (κ1) is 13.2. The maximum atomic E-state index is 11.2. The summed E-state index contributed by atoms with van der Waals surface area (Å²) < 4.78 is 0. The first-order valence-corrected chi connectivity index (χ1v) is 6.52. The largest absolute Gasteiger partial charge is 0.364 e. The summed E-state index contributed by atoms with van der Waals surface area (Å²) in [6.07, 6.45) is 1.83. The molecule has 1 aliphatic heterocycles. The van der Waals surface area contributed by atoms with Crippen molar-refractivity contribution in [2.45, 2.75) is 32.5 Å². The lowest BCUT2D eigenvalue weighted by molar-refractivity contribution is -0.134. The molecular formula is C13H18ClN3O. The van der Waals surface area contributed by atoms with E-state index in [4.69, 9.17) is 11.6 Å². The van der Waals surface area contributed by atoms with Crippen molar-refractivity contribution in [2.24, 2.45) is 0 Å². The number of carbonyl (C=O) groups excluding carboxylic acids is 1. The van der Waals surface area contributed by atoms with Crippen LogP contribution in [0, 0.1) is 0 Å². The first-order valence-electron chi connectivity index (χ1n) is 6.14. The highest BCUT2D eigenvalue weighted by molar-refractivity contribution is 6.30. The van der Waals surface area contributed by atoms with Crippen LogP contribution in [-0.2, 0) is 4.79 Å². The van der Waals surface area contributed by atoms with Gasteiger partial charge in [-0.1, -0.05) is 11.6 Å². The molecular weight excluding hydrogens is 250 g/mol. The molecule has 1 amide bonds. The van der Waals surface area contributed by atoms with Gasteiger partial charge in [0.2, 0.25) is 6.41 Å². The SMILES string of the molecule is CC(C)N1CC[C@@H](Nc2ccc(Cl)cc2)N1C=O. The second-order valence-corrected chi connectivity index (χ2v) is 5.13. The molecule has 1 fully saturated rings. The molecule has 18 heavy (non-hydrogen) atoms. The van der Waals surface area contributed by atoms with Crippen molar-refractivity contribution in [1.82, 2.24) is 10.0 Å². The number of benzene rings is 1. The molecule has 0 radical (unpaired) electrons. The molecule has 1 heterocycles. The van der Waals surface area contributed by atoms with Gasteiger partial charge >= 0.3 is 0 Å². The summed E-state index contributed by atoms with van der Waals surface area (Å²) in [5, 5.41) is 7.86. The molecule has 1 saturated heterocycles. The van der Waals surface area contributed by atoms with Crippen molar-refractivity contribution in [3.8, 4) is 0 Å². The van der Waals surface area contributed by atoms with Crippen LogP contribution in [0.25, 0.3) is 0 Å². The van der Waals surface area contributed by atoms with Crippen LogP contribution < -0.4 is 5.32 Å². The van der Waals surface area contributed by atoms with Gasteiger partial charge in [-0.3, -0.25) is 9.80 Å². The lowest BCUT2D eigenvalue weighted by Crippen LogP contribution is -2.46. The molecule has 0 aliphatic carbocycles. The minimum Gasteiger partial charge on any atom is -0.364 e. The summed E-state index contributed by atoms with van der Waals surface area (Å²) >= 11 is 5.85. The van der Waals surface area contributed by atoms with E-state index in [1.54, 1.807) is 5.01 Å². The Morgan fingerprint density at radius 2 is 2.06 bits per heavy atom. The highest BCUT2D eigenvalue weighted by Crippen LogP contribution is 2.22. The zero-order chi connectivity index (χ0) is 13.1. The normalized spacial score (nSPS) is 20.4. The number of nitrogens with zero attached hydrogens (tertiary/aromatic N) is 2. The Morgan fingerprint density at radius 3 is 2.61 bits per heavy atom. The molecule has 0 aromatic heterocycles. The number of nitrogens with one attached hydrogen (secondary N) is 1. The van der Waals surface area contributed by atoms with E-state index in [2.05, 4.69) is 24.2 Å². The molecule has 0 spiro atoms. The predicted octanol–water partition coefficient (Wildman–Crippen LogP) is 2.57. The van der Waals surface area contributed by atoms with Gasteiger partial charge in [-0.05, 0) is 38.1 Å². The molecule has 0 saturated carbocycles. The van der Waals surface area contributed by atoms with Crippen LogP contribution in [0.15, 0.2) is 24.3 Å². The first-order chi connectivity index (χ1) is 8.61. The van der Waals surface area contributed by atoms with Crippen molar-refractivity contribution < 1.29 is 4.79 Å². The summed E-state index contributed by atoms with van der Waals surface area (Å²) in [5.41, 5.74) is 0.974. The van der Waals surface area contributed by atoms with Crippen molar-refractivity contribution in [3.05, 3.63) is 29.3 Å². The Bertz CT molecular complexity index is 407. The van der Waals surface area contributed by atoms with Gasteiger partial charge in [-0.15, -0.1) is 0 Å². The predicted molar refractivity (Wildman–Crippen MR) is 73.2 cm³/mol. The second-order valence-electron chi connectivity index (χ2n) is 4.70. The fraction of sp³-hybridized carbons (Fsp3) is 0.462. The standard InChI is InChI=1S/C13H18ClN3O/c1-10(2)16-8-7-13(17(16)9-18)15-12-5-3-11(14)4-6-12/h3-6,9-10,13,15H,7-8H2,1-2H3/t13-/m0/s1. The topological polar surface area (TPSA) is 35.6 Å². The van der Waals surface area contributed by atoms with Gasteiger partial charge in [0.05, 0.1) is 0 Å². The van der Waals surface area contributed by atoms with Crippen LogP contribution in [0.5, 0.6) is 0 Å². The molecule has 1 N–H and O–H groups in total. The minimum absolute atomic E-state index is 0.0195. The van der Waals surface area contributed by atoms with Crippen LogP contribution >= 0.6 is 11.6 Å². The molecule has 1 atom stereocenters. The number of carbonyl (C=O) groups is 1. The van der Waals surface area contributed by atoms with Crippen molar-refractivity contribution in [2.75, 3.05) is 11.9 Å². The van der Waals surface area contributed by atoms with E-state index in [0.29, 0.717) is 11.1 Å². The monoisotopic (exact) mass is 267 g/mol. The number of anilines is 1. The lowest BCUT2D eigenvalue weighted by atomic mass is 10.3. The van der Waals surface area contributed by atoms with Gasteiger partial charge in [0.1, 0.15) is 6.17 Å². The van der Waals surface area contributed by atoms with Gasteiger partial charge in [-0.25, -0.2) is 5.01 Å². The highest BCUT2D eigenvalue weighted by atomic mass is 35.5. The van der Waals surface area contributed by atoms with Crippen molar-refractivity contribution in [1.29, 1.82) is 0 Å². The Kier molecular flexibility index (Phi) is 4.09. The molecule has 4 nitrogen and oxygen atoms in total. The summed E-state index contributed by atoms with van der Waals surface area (Å²) in [6, 6.07) is 7.84. The van der Waals surface area contributed by atoms with Crippen LogP contribution in [0.4, 0.5) is 5.69 Å². The average molecular weight is 268 g/mol. The average Bonchev–Trinajstić information content (AvgIpc) is 2.75. The Hall–Kier alpha value is -1.26. The number of rotatable bonds is 4. The number of amides is 1. The summed E-state index contributed by atoms with van der Waals surface area (Å²) in [5.74, 6) is 0. The third-order valence-corrected chi connectivity index (χ3v) is 3.38. The smallest absolute Gasteiger partial charge is 0.225 e. The number of hydrogen-bond acceptors (Lipinski definition) is 3. The van der Waals surface area contributed by atoms with Gasteiger partial charge in [0, 0.05) is 29.7 Å². The molecule has 0 bridgehead atoms. The summed E-state index contributed by atoms with van der Waals surface area (Å²) in [7, 11) is 0. The summed E-state index contributed by atoms with van der Waals surface area (Å²) in [4.78, 5) is 11.2. The number of hydrazine groups is 1. The van der Waals surface area contributed by atoms with Gasteiger partial charge in [0.15, 0.2) is 0 Å². The minimum atomic E-state index is 0.0195. The van der Waals surface area contributed by atoms with Gasteiger partial charge < -0.3 is 5.32 Å². The molecule has 0 unspecified atom stereocenters. The van der Waals surface area contributed by atoms with Crippen molar-refractivity contribution >= 4 is 23.7 Å². The van der Waals surface area contributed by atoms with E-state index in [9.17, 15) is 4.79 Å². The van der Waals surface area contributed by atoms with E-state index < -0.39 is 0 Å². The Labute approximate surface area is 112 Å². The zero-order valence-corrected chi connectivity index (χ0v) is 11.4. The third kappa shape index (κ3) is 2.76. The molecule has 1 aliphatic rings. The lowest BCUT2D eigenvalue weighted by Gasteiger charge is -2.32. The molecule has 2 rings (SSSR count). The maximum absolute atomic E-state index is 11.2. The highest BCUT2D eigenvalue weighted by Gasteiger charge is 2.31. The van der Waals surface area contributed by atoms with Gasteiger partial charge in [-0.2, -0.15) is 0 Å². The van der Waals surface area contributed by atoms with Gasteiger partial charge in [0.25, 0.3) is 0 Å². The van der Waals surface area contributed by atoms with E-state index in [1.165, 1.54) is 0 Å². The second kappa shape index (κ2) is 5.59. The summed E-state index contributed by atoms with van der Waals surface area (Å²) in [6.45, 7) is 5.06. The molecule has 98 valence electrons. The Morgan fingerprint density at radius 1 is 1.39 bits per heavy atom. The Balaban J connectivity index is 2.05. The van der Waals surface area contributed by atoms with Crippen LogP contribution in [0.2, 0.25) is 5.02 Å². The van der Waals surface area contributed by atoms with Crippen molar-refractivity contribution in [3.63, 3.8) is 0 Å².